The fraction of sp³-hybridized carbons (Fsp3) is 0.429. The highest BCUT2D eigenvalue weighted by Gasteiger charge is 2.51. The van der Waals surface area contributed by atoms with Gasteiger partial charge >= 0.3 is 6.03 Å². The first-order valence-electron chi connectivity index (χ1n) is 12.8. The van der Waals surface area contributed by atoms with Crippen molar-refractivity contribution in [3.8, 4) is 0 Å². The summed E-state index contributed by atoms with van der Waals surface area (Å²) >= 11 is 0. The molecule has 2 rings (SSSR count). The van der Waals surface area contributed by atoms with Crippen LogP contribution in [0.2, 0.25) is 0 Å². The first-order chi connectivity index (χ1) is 18.1. The molecule has 0 aliphatic heterocycles. The molecule has 0 aromatic heterocycles. The fourth-order valence-electron chi connectivity index (χ4n) is 3.96. The topological polar surface area (TPSA) is 163 Å². The molecule has 0 heterocycles. The van der Waals surface area contributed by atoms with Crippen molar-refractivity contribution in [3.05, 3.63) is 66.3 Å². The summed E-state index contributed by atoms with van der Waals surface area (Å²) in [5.74, 6) is -1.37. The molecular formula is C28H39N5O5. The minimum atomic E-state index is -1.27. The van der Waals surface area contributed by atoms with Crippen molar-refractivity contribution in [2.75, 3.05) is 11.9 Å². The molecule has 1 aromatic carbocycles. The van der Waals surface area contributed by atoms with Crippen LogP contribution in [0.1, 0.15) is 51.5 Å². The zero-order valence-electron chi connectivity index (χ0n) is 22.1. The smallest absolute Gasteiger partial charge is 0.312 e. The van der Waals surface area contributed by atoms with E-state index in [-0.39, 0.29) is 25.6 Å². The number of amides is 5. The van der Waals surface area contributed by atoms with E-state index in [0.717, 1.165) is 0 Å². The quantitative estimate of drug-likeness (QED) is 0.125. The van der Waals surface area contributed by atoms with Crippen LogP contribution >= 0.6 is 0 Å². The summed E-state index contributed by atoms with van der Waals surface area (Å²) in [6.07, 6.45) is 9.40. The van der Waals surface area contributed by atoms with Crippen LogP contribution in [0.4, 0.5) is 10.5 Å². The lowest BCUT2D eigenvalue weighted by Crippen LogP contribution is -2.59. The minimum absolute atomic E-state index is 0.123. The van der Waals surface area contributed by atoms with Gasteiger partial charge in [0.2, 0.25) is 17.7 Å². The van der Waals surface area contributed by atoms with Gasteiger partial charge in [-0.05, 0) is 62.8 Å². The number of rotatable bonds is 14. The summed E-state index contributed by atoms with van der Waals surface area (Å²) in [5, 5.41) is 20.1. The van der Waals surface area contributed by atoms with E-state index in [4.69, 9.17) is 5.73 Å². The highest BCUT2D eigenvalue weighted by atomic mass is 16.3. The Morgan fingerprint density at radius 2 is 1.76 bits per heavy atom. The Morgan fingerprint density at radius 1 is 1.11 bits per heavy atom. The van der Waals surface area contributed by atoms with Gasteiger partial charge in [0.1, 0.15) is 11.5 Å². The van der Waals surface area contributed by atoms with Crippen molar-refractivity contribution in [1.82, 2.24) is 16.0 Å². The van der Waals surface area contributed by atoms with Gasteiger partial charge < -0.3 is 32.1 Å². The van der Waals surface area contributed by atoms with Gasteiger partial charge in [-0.1, -0.05) is 49.4 Å². The molecule has 1 fully saturated rings. The molecule has 0 saturated heterocycles. The maximum atomic E-state index is 13.4. The van der Waals surface area contributed by atoms with E-state index in [2.05, 4.69) is 27.8 Å². The second-order valence-electron chi connectivity index (χ2n) is 9.39. The molecule has 0 unspecified atom stereocenters. The average Bonchev–Trinajstić information content (AvgIpc) is 2.85. The van der Waals surface area contributed by atoms with Gasteiger partial charge in [0.25, 0.3) is 0 Å². The number of carbonyl (C=O) groups is 4. The fourth-order valence-corrected chi connectivity index (χ4v) is 3.96. The molecule has 38 heavy (non-hydrogen) atoms. The largest absolute Gasteiger partial charge is 0.392 e. The molecule has 0 radical (unpaired) electrons. The Kier molecular flexibility index (Phi) is 11.7. The summed E-state index contributed by atoms with van der Waals surface area (Å²) in [6, 6.07) is 4.65. The first kappa shape index (κ1) is 30.3. The van der Waals surface area contributed by atoms with Gasteiger partial charge in [0.15, 0.2) is 0 Å². The summed E-state index contributed by atoms with van der Waals surface area (Å²) < 4.78 is 0. The predicted octanol–water partition coefficient (Wildman–Crippen LogP) is 2.41. The zero-order valence-corrected chi connectivity index (χ0v) is 22.1. The number of urea groups is 1. The maximum absolute atomic E-state index is 13.4. The highest BCUT2D eigenvalue weighted by Crippen LogP contribution is 2.42. The second kappa shape index (κ2) is 14.7. The third kappa shape index (κ3) is 8.58. The third-order valence-corrected chi connectivity index (χ3v) is 6.59. The number of benzene rings is 1. The van der Waals surface area contributed by atoms with Gasteiger partial charge in [-0.15, -0.1) is 0 Å². The van der Waals surface area contributed by atoms with Crippen LogP contribution in [-0.4, -0.2) is 47.5 Å². The van der Waals surface area contributed by atoms with Gasteiger partial charge in [-0.25, -0.2) is 4.79 Å². The molecule has 5 amide bonds. The lowest BCUT2D eigenvalue weighted by Gasteiger charge is -2.40. The lowest BCUT2D eigenvalue weighted by atomic mass is 9.67. The summed E-state index contributed by atoms with van der Waals surface area (Å²) in [4.78, 5) is 50.8. The molecule has 10 nitrogen and oxygen atoms in total. The number of hydrogen-bond acceptors (Lipinski definition) is 5. The molecule has 1 saturated carbocycles. The minimum Gasteiger partial charge on any atom is -0.392 e. The van der Waals surface area contributed by atoms with Crippen LogP contribution in [0.5, 0.6) is 0 Å². The van der Waals surface area contributed by atoms with Gasteiger partial charge in [-0.2, -0.15) is 0 Å². The van der Waals surface area contributed by atoms with Crippen LogP contribution in [0.3, 0.4) is 0 Å². The standard InChI is InChI=1S/C28H39N5O5/c1-4-5-6-9-19(2)20(3)31-25(36)28(15-8-16-28)26(37)33-23(10-7-17-30-27(29)38)24(35)32-22-13-11-21(18-34)12-14-22/h4-6,9,11-14,20,23,34H,2,7-8,10,15-18H2,1,3H3,(H,31,36)(H,32,35)(H,33,37)(H3,29,30,38)/b5-4-,9-6-/t20-,23+/m1/s1. The number of aliphatic hydroxyl groups is 1. The molecule has 10 heteroatoms. The number of aliphatic hydroxyl groups excluding tert-OH is 1. The molecule has 1 aliphatic rings. The number of primary amides is 1. The lowest BCUT2D eigenvalue weighted by molar-refractivity contribution is -0.151. The first-order valence-corrected chi connectivity index (χ1v) is 12.8. The van der Waals surface area contributed by atoms with E-state index >= 15 is 0 Å². The molecule has 1 aliphatic carbocycles. The monoisotopic (exact) mass is 525 g/mol. The van der Waals surface area contributed by atoms with Crippen LogP contribution in [0.15, 0.2) is 60.7 Å². The van der Waals surface area contributed by atoms with E-state index in [0.29, 0.717) is 42.5 Å². The van der Waals surface area contributed by atoms with E-state index in [9.17, 15) is 24.3 Å². The van der Waals surface area contributed by atoms with E-state index in [1.165, 1.54) is 0 Å². The third-order valence-electron chi connectivity index (χ3n) is 6.59. The van der Waals surface area contributed by atoms with Crippen molar-refractivity contribution >= 4 is 29.4 Å². The van der Waals surface area contributed by atoms with Crippen molar-refractivity contribution in [2.45, 2.75) is 64.6 Å². The van der Waals surface area contributed by atoms with E-state index in [1.807, 2.05) is 25.2 Å². The summed E-state index contributed by atoms with van der Waals surface area (Å²) in [5.41, 5.74) is 5.72. The predicted molar refractivity (Wildman–Crippen MR) is 147 cm³/mol. The van der Waals surface area contributed by atoms with Crippen molar-refractivity contribution in [1.29, 1.82) is 0 Å². The maximum Gasteiger partial charge on any atom is 0.312 e. The van der Waals surface area contributed by atoms with Crippen LogP contribution in [0, 0.1) is 5.41 Å². The van der Waals surface area contributed by atoms with Crippen molar-refractivity contribution in [3.63, 3.8) is 0 Å². The number of carbonyl (C=O) groups excluding carboxylic acids is 4. The molecule has 1 aromatic rings. The highest BCUT2D eigenvalue weighted by molar-refractivity contribution is 6.08. The van der Waals surface area contributed by atoms with Crippen LogP contribution < -0.4 is 27.0 Å². The Morgan fingerprint density at radius 3 is 2.32 bits per heavy atom. The Labute approximate surface area is 223 Å². The van der Waals surface area contributed by atoms with E-state index < -0.39 is 35.2 Å². The number of anilines is 1. The molecule has 0 bridgehead atoms. The number of nitrogens with two attached hydrogens (primary N) is 1. The number of hydrogen-bond donors (Lipinski definition) is 6. The molecule has 7 N–H and O–H groups in total. The summed E-state index contributed by atoms with van der Waals surface area (Å²) in [6.45, 7) is 7.79. The second-order valence-corrected chi connectivity index (χ2v) is 9.39. The van der Waals surface area contributed by atoms with Crippen molar-refractivity contribution in [2.24, 2.45) is 11.1 Å². The van der Waals surface area contributed by atoms with Crippen LogP contribution in [0.25, 0.3) is 0 Å². The normalized spacial score (nSPS) is 15.8. The molecule has 0 spiro atoms. The molecule has 2 atom stereocenters. The Balaban J connectivity index is 2.12. The molecular weight excluding hydrogens is 486 g/mol. The Bertz CT molecular complexity index is 1060. The van der Waals surface area contributed by atoms with Gasteiger partial charge in [-0.3, -0.25) is 14.4 Å². The van der Waals surface area contributed by atoms with Gasteiger partial charge in [0.05, 0.1) is 12.6 Å². The van der Waals surface area contributed by atoms with E-state index in [1.54, 1.807) is 37.3 Å². The van der Waals surface area contributed by atoms with Crippen molar-refractivity contribution < 1.29 is 24.3 Å². The number of nitrogens with one attached hydrogen (secondary N) is 4. The summed E-state index contributed by atoms with van der Waals surface area (Å²) in [7, 11) is 0. The van der Waals surface area contributed by atoms with Gasteiger partial charge in [0, 0.05) is 12.2 Å². The Hall–Kier alpha value is -3.92. The average molecular weight is 526 g/mol. The SMILES string of the molecule is C=C(/C=C\C=C/C)[C@@H](C)NC(=O)C1(C(=O)N[C@@H](CCCNC(N)=O)C(=O)Nc2ccc(CO)cc2)CCC1. The van der Waals surface area contributed by atoms with Crippen LogP contribution in [-0.2, 0) is 21.0 Å². The molecule has 206 valence electrons. The number of allylic oxidation sites excluding steroid dienone is 3. The zero-order chi connectivity index (χ0) is 28.1.